The zero-order chi connectivity index (χ0) is 27.6. The van der Waals surface area contributed by atoms with Gasteiger partial charge in [-0.3, -0.25) is 9.36 Å². The molecule has 1 aliphatic rings. The second kappa shape index (κ2) is 10.8. The number of allylic oxidation sites excluding steroid dienone is 4. The van der Waals surface area contributed by atoms with Gasteiger partial charge >= 0.3 is 5.89 Å². The normalized spacial score (nSPS) is 14.8. The Balaban J connectivity index is 1.47. The van der Waals surface area contributed by atoms with Crippen molar-refractivity contribution in [2.75, 3.05) is 11.9 Å². The first-order chi connectivity index (χ1) is 19.6. The molecule has 40 heavy (non-hydrogen) atoms. The van der Waals surface area contributed by atoms with Crippen molar-refractivity contribution < 1.29 is 8.98 Å². The van der Waals surface area contributed by atoms with Gasteiger partial charge in [0.1, 0.15) is 11.2 Å². The average molecular weight is 545 g/mol. The van der Waals surface area contributed by atoms with Gasteiger partial charge in [-0.1, -0.05) is 66.7 Å². The van der Waals surface area contributed by atoms with Gasteiger partial charge in [0.15, 0.2) is 0 Å². The zero-order valence-electron chi connectivity index (χ0n) is 22.6. The van der Waals surface area contributed by atoms with E-state index in [-0.39, 0.29) is 5.56 Å². The summed E-state index contributed by atoms with van der Waals surface area (Å²) in [4.78, 5) is 15.5. The fourth-order valence-electron chi connectivity index (χ4n) is 5.11. The molecule has 6 heteroatoms. The molecule has 6 rings (SSSR count). The highest BCUT2D eigenvalue weighted by Crippen LogP contribution is 2.31. The topological polar surface area (TPSA) is 42.3 Å². The number of rotatable bonds is 6. The summed E-state index contributed by atoms with van der Waals surface area (Å²) in [6, 6.07) is 24.9. The van der Waals surface area contributed by atoms with Crippen molar-refractivity contribution in [2.24, 2.45) is 0 Å². The number of anilines is 1. The minimum Gasteiger partial charge on any atom is -0.398 e. The van der Waals surface area contributed by atoms with E-state index in [9.17, 15) is 4.79 Å². The summed E-state index contributed by atoms with van der Waals surface area (Å²) in [7, 11) is 2.04. The first-order valence-corrected chi connectivity index (χ1v) is 14.2. The zero-order valence-corrected chi connectivity index (χ0v) is 23.4. The van der Waals surface area contributed by atoms with E-state index in [2.05, 4.69) is 65.4 Å². The summed E-state index contributed by atoms with van der Waals surface area (Å²) in [5.41, 5.74) is 7.43. The van der Waals surface area contributed by atoms with E-state index in [1.54, 1.807) is 10.6 Å². The lowest BCUT2D eigenvalue weighted by atomic mass is 10.00. The van der Waals surface area contributed by atoms with Gasteiger partial charge in [-0.2, -0.15) is 4.57 Å². The largest absolute Gasteiger partial charge is 0.398 e. The summed E-state index contributed by atoms with van der Waals surface area (Å²) < 4.78 is 11.7. The van der Waals surface area contributed by atoms with E-state index in [1.165, 1.54) is 11.3 Å². The molecule has 198 valence electrons. The number of hydrogen-bond acceptors (Lipinski definition) is 4. The summed E-state index contributed by atoms with van der Waals surface area (Å²) >= 11 is 1.46. The van der Waals surface area contributed by atoms with E-state index in [0.717, 1.165) is 50.3 Å². The van der Waals surface area contributed by atoms with Crippen LogP contribution in [0.2, 0.25) is 0 Å². The summed E-state index contributed by atoms with van der Waals surface area (Å²) in [6.07, 6.45) is 11.8. The molecule has 1 aliphatic heterocycles. The van der Waals surface area contributed by atoms with E-state index in [1.807, 2.05) is 67.9 Å². The number of thiazole rings is 1. The van der Waals surface area contributed by atoms with Crippen LogP contribution in [-0.2, 0) is 13.1 Å². The lowest BCUT2D eigenvalue weighted by Gasteiger charge is -2.23. The Labute approximate surface area is 236 Å². The Kier molecular flexibility index (Phi) is 6.93. The van der Waals surface area contributed by atoms with Crippen LogP contribution in [0.3, 0.4) is 0 Å². The number of hydrogen-bond donors (Lipinski definition) is 0. The van der Waals surface area contributed by atoms with Crippen molar-refractivity contribution in [3.63, 3.8) is 0 Å². The van der Waals surface area contributed by atoms with Crippen LogP contribution >= 0.6 is 11.3 Å². The minimum absolute atomic E-state index is 0.0382. The van der Waals surface area contributed by atoms with Gasteiger partial charge in [-0.25, -0.2) is 0 Å². The maximum atomic E-state index is 13.4. The molecule has 5 aromatic rings. The molecule has 0 unspecified atom stereocenters. The number of benzene rings is 3. The predicted octanol–water partition coefficient (Wildman–Crippen LogP) is 5.47. The van der Waals surface area contributed by atoms with Crippen LogP contribution in [0.15, 0.2) is 113 Å². The van der Waals surface area contributed by atoms with Crippen molar-refractivity contribution in [1.82, 2.24) is 4.57 Å². The van der Waals surface area contributed by atoms with Crippen molar-refractivity contribution in [2.45, 2.75) is 20.0 Å². The Bertz CT molecular complexity index is 1970. The molecule has 2 aromatic heterocycles. The van der Waals surface area contributed by atoms with Crippen LogP contribution in [0.25, 0.3) is 40.0 Å². The van der Waals surface area contributed by atoms with Gasteiger partial charge in [0, 0.05) is 37.1 Å². The minimum atomic E-state index is -0.0382. The highest BCUT2D eigenvalue weighted by molar-refractivity contribution is 7.07. The van der Waals surface area contributed by atoms with E-state index in [4.69, 9.17) is 4.42 Å². The fourth-order valence-corrected chi connectivity index (χ4v) is 6.09. The lowest BCUT2D eigenvalue weighted by molar-refractivity contribution is -0.674. The molecule has 3 aromatic carbocycles. The molecule has 0 spiro atoms. The van der Waals surface area contributed by atoms with Gasteiger partial charge < -0.3 is 9.32 Å². The first kappa shape index (κ1) is 25.6. The molecule has 0 fully saturated rings. The van der Waals surface area contributed by atoms with Crippen LogP contribution in [0, 0.1) is 0 Å². The Morgan fingerprint density at radius 2 is 1.80 bits per heavy atom. The fraction of sp³-hybridized carbons (Fsp3) is 0.118. The Morgan fingerprint density at radius 3 is 2.60 bits per heavy atom. The van der Waals surface area contributed by atoms with Crippen LogP contribution < -0.4 is 24.2 Å². The molecule has 0 saturated heterocycles. The molecule has 0 aliphatic carbocycles. The number of aromatic nitrogens is 2. The molecule has 5 nitrogen and oxygen atoms in total. The highest BCUT2D eigenvalue weighted by Gasteiger charge is 2.21. The molecule has 0 amide bonds. The SMILES string of the molecule is C=CCn1c(=O)/c(=C/C=C2/C=CN(C)c3ccccc32)s/c1=C/c1oc2ccc(-c3ccccc3)cc2[n+]1CC. The first-order valence-electron chi connectivity index (χ1n) is 13.3. The summed E-state index contributed by atoms with van der Waals surface area (Å²) in [5.74, 6) is 0.707. The number of aryl methyl sites for hydroxylation is 1. The monoisotopic (exact) mass is 544 g/mol. The van der Waals surface area contributed by atoms with E-state index >= 15 is 0 Å². The van der Waals surface area contributed by atoms with Crippen molar-refractivity contribution in [3.8, 4) is 11.1 Å². The van der Waals surface area contributed by atoms with Gasteiger partial charge in [0.05, 0.1) is 10.6 Å². The van der Waals surface area contributed by atoms with Crippen LogP contribution in [0.1, 0.15) is 18.4 Å². The van der Waals surface area contributed by atoms with Crippen LogP contribution in [-0.4, -0.2) is 11.6 Å². The Morgan fingerprint density at radius 1 is 1.00 bits per heavy atom. The lowest BCUT2D eigenvalue weighted by Crippen LogP contribution is -2.35. The van der Waals surface area contributed by atoms with Crippen molar-refractivity contribution >= 4 is 45.8 Å². The second-order valence-corrected chi connectivity index (χ2v) is 10.7. The van der Waals surface area contributed by atoms with Gasteiger partial charge in [0.2, 0.25) is 5.58 Å². The van der Waals surface area contributed by atoms with Crippen molar-refractivity contribution in [3.05, 3.63) is 135 Å². The number of nitrogens with zero attached hydrogens (tertiary/aromatic N) is 3. The van der Waals surface area contributed by atoms with Crippen LogP contribution in [0.4, 0.5) is 5.69 Å². The summed E-state index contributed by atoms with van der Waals surface area (Å²) in [6.45, 7) is 7.14. The molecule has 3 heterocycles. The molecule has 0 atom stereocenters. The maximum Gasteiger partial charge on any atom is 0.377 e. The van der Waals surface area contributed by atoms with Gasteiger partial charge in [0.25, 0.3) is 11.1 Å². The maximum absolute atomic E-state index is 13.4. The number of para-hydroxylation sites is 1. The third-order valence-electron chi connectivity index (χ3n) is 7.14. The smallest absolute Gasteiger partial charge is 0.377 e. The third-order valence-corrected chi connectivity index (χ3v) is 8.21. The van der Waals surface area contributed by atoms with E-state index in [0.29, 0.717) is 17.0 Å². The average Bonchev–Trinajstić information content (AvgIpc) is 3.49. The van der Waals surface area contributed by atoms with Gasteiger partial charge in [-0.15, -0.1) is 17.9 Å². The quantitative estimate of drug-likeness (QED) is 0.210. The molecular weight excluding hydrogens is 514 g/mol. The van der Waals surface area contributed by atoms with Crippen LogP contribution in [0.5, 0.6) is 0 Å². The highest BCUT2D eigenvalue weighted by atomic mass is 32.1. The molecule has 0 saturated carbocycles. The number of oxazole rings is 1. The summed E-state index contributed by atoms with van der Waals surface area (Å²) in [5, 5.41) is 0. The molecular formula is C34H30N3O2S+. The second-order valence-electron chi connectivity index (χ2n) is 9.62. The third kappa shape index (κ3) is 4.67. The number of fused-ring (bicyclic) bond motifs is 2. The standard InChI is InChI=1S/C34H30N3O2S/c1-4-20-37-33(40-31(34(37)38)18-16-25-19-21-35(3)28-14-10-9-13-27(25)28)23-32-36(5-2)29-22-26(15-17-30(29)39-32)24-11-7-6-8-12-24/h4,6-19,21-23H,1,5,20H2,2-3H3/q+1/b25-16-,31-18-. The predicted molar refractivity (Wildman–Crippen MR) is 166 cm³/mol. The van der Waals surface area contributed by atoms with Gasteiger partial charge in [-0.05, 0) is 47.9 Å². The van der Waals surface area contributed by atoms with Crippen molar-refractivity contribution in [1.29, 1.82) is 0 Å². The molecule has 0 N–H and O–H groups in total. The molecule has 0 radical (unpaired) electrons. The molecule has 0 bridgehead atoms. The Hall–Kier alpha value is -4.68. The van der Waals surface area contributed by atoms with E-state index < -0.39 is 0 Å².